The number of aromatic nitrogens is 1. The number of hydrogen-bond donors (Lipinski definition) is 2. The number of aliphatic imine (C=N–C) groups is 1. The minimum absolute atomic E-state index is 0.223. The van der Waals surface area contributed by atoms with Crippen molar-refractivity contribution in [2.45, 2.75) is 0 Å². The number of para-hydroxylation sites is 2. The van der Waals surface area contributed by atoms with Gasteiger partial charge in [-0.2, -0.15) is 5.10 Å². The maximum absolute atomic E-state index is 9.37. The number of nitrogens with one attached hydrogen (secondary N) is 1. The molecule has 0 atom stereocenters. The number of aromatic hydroxyl groups is 1. The summed E-state index contributed by atoms with van der Waals surface area (Å²) in [7, 11) is 0. The lowest BCUT2D eigenvalue weighted by Gasteiger charge is -2.03. The molecule has 0 unspecified atom stereocenters. The predicted octanol–water partition coefficient (Wildman–Crippen LogP) is 4.70. The normalized spacial score (nSPS) is 11.9. The van der Waals surface area contributed by atoms with Crippen molar-refractivity contribution in [2.24, 2.45) is 10.1 Å². The molecule has 0 aliphatic heterocycles. The van der Waals surface area contributed by atoms with Crippen molar-refractivity contribution in [2.75, 3.05) is 0 Å². The molecule has 6 heteroatoms. The smallest absolute Gasteiger partial charge is 0.183 e. The van der Waals surface area contributed by atoms with Crippen molar-refractivity contribution in [3.63, 3.8) is 0 Å². The lowest BCUT2D eigenvalue weighted by atomic mass is 10.2. The number of thiazole rings is 1. The molecular weight excluding hydrogens is 356 g/mol. The highest BCUT2D eigenvalue weighted by Gasteiger charge is 2.10. The SMILES string of the molecule is Oc1ccc(/C=N/NC(=Nc2ccccc2)c2nc3ccccc3s2)cc1. The predicted molar refractivity (Wildman–Crippen MR) is 111 cm³/mol. The van der Waals surface area contributed by atoms with Crippen molar-refractivity contribution in [1.82, 2.24) is 10.4 Å². The summed E-state index contributed by atoms with van der Waals surface area (Å²) in [5, 5.41) is 14.4. The van der Waals surface area contributed by atoms with E-state index in [1.54, 1.807) is 41.8 Å². The molecule has 0 bridgehead atoms. The highest BCUT2D eigenvalue weighted by atomic mass is 32.1. The largest absolute Gasteiger partial charge is 0.508 e. The second kappa shape index (κ2) is 7.80. The number of fused-ring (bicyclic) bond motifs is 1. The van der Waals surface area contributed by atoms with Gasteiger partial charge in [0.05, 0.1) is 22.1 Å². The Bertz CT molecular complexity index is 1070. The molecule has 4 rings (SSSR count). The summed E-state index contributed by atoms with van der Waals surface area (Å²) in [5.74, 6) is 0.804. The summed E-state index contributed by atoms with van der Waals surface area (Å²) in [6.07, 6.45) is 1.67. The first-order valence-electron chi connectivity index (χ1n) is 8.36. The molecule has 0 spiro atoms. The summed E-state index contributed by atoms with van der Waals surface area (Å²) in [6.45, 7) is 0. The quantitative estimate of drug-likeness (QED) is 0.310. The Labute approximate surface area is 160 Å². The van der Waals surface area contributed by atoms with E-state index in [2.05, 4.69) is 20.5 Å². The third-order valence-electron chi connectivity index (χ3n) is 3.77. The Morgan fingerprint density at radius 3 is 2.44 bits per heavy atom. The van der Waals surface area contributed by atoms with E-state index in [0.717, 1.165) is 26.5 Å². The molecule has 0 saturated carbocycles. The average Bonchev–Trinajstić information content (AvgIpc) is 3.14. The number of rotatable bonds is 4. The molecule has 5 nitrogen and oxygen atoms in total. The summed E-state index contributed by atoms with van der Waals surface area (Å²) >= 11 is 1.56. The monoisotopic (exact) mass is 372 g/mol. The third-order valence-corrected chi connectivity index (χ3v) is 4.81. The second-order valence-electron chi connectivity index (χ2n) is 5.74. The van der Waals surface area contributed by atoms with Gasteiger partial charge in [0, 0.05) is 0 Å². The molecule has 2 N–H and O–H groups in total. The van der Waals surface area contributed by atoms with Crippen LogP contribution in [0.1, 0.15) is 10.6 Å². The number of hydrazone groups is 1. The molecule has 0 fully saturated rings. The molecule has 0 aliphatic carbocycles. The molecule has 1 heterocycles. The molecule has 27 heavy (non-hydrogen) atoms. The molecule has 3 aromatic carbocycles. The Balaban J connectivity index is 1.65. The molecule has 0 aliphatic rings. The Hall–Kier alpha value is -3.51. The van der Waals surface area contributed by atoms with Gasteiger partial charge in [-0.15, -0.1) is 11.3 Å². The highest BCUT2D eigenvalue weighted by Crippen LogP contribution is 2.23. The Morgan fingerprint density at radius 2 is 1.67 bits per heavy atom. The zero-order chi connectivity index (χ0) is 18.5. The first-order chi connectivity index (χ1) is 13.3. The van der Waals surface area contributed by atoms with Gasteiger partial charge in [0.15, 0.2) is 10.8 Å². The van der Waals surface area contributed by atoms with Crippen molar-refractivity contribution >= 4 is 39.3 Å². The van der Waals surface area contributed by atoms with E-state index in [4.69, 9.17) is 0 Å². The standard InChI is InChI=1S/C21H16N4OS/c26-17-12-10-15(11-13-17)14-22-25-20(23-16-6-2-1-3-7-16)21-24-18-8-4-5-9-19(18)27-21/h1-14,26H,(H,23,25)/b22-14+. The van der Waals surface area contributed by atoms with Crippen LogP contribution in [0.25, 0.3) is 10.2 Å². The third kappa shape index (κ3) is 4.19. The molecule has 0 saturated heterocycles. The molecule has 0 radical (unpaired) electrons. The number of benzene rings is 3. The average molecular weight is 372 g/mol. The van der Waals surface area contributed by atoms with Crippen LogP contribution in [0.4, 0.5) is 5.69 Å². The van der Waals surface area contributed by atoms with Crippen LogP contribution in [0.15, 0.2) is 89.0 Å². The van der Waals surface area contributed by atoms with E-state index < -0.39 is 0 Å². The van der Waals surface area contributed by atoms with Crippen LogP contribution in [0, 0.1) is 0 Å². The molecule has 4 aromatic rings. The van der Waals surface area contributed by atoms with Gasteiger partial charge in [-0.05, 0) is 54.1 Å². The molecule has 0 amide bonds. The summed E-state index contributed by atoms with van der Waals surface area (Å²) in [6, 6.07) is 24.5. The molecular formula is C21H16N4OS. The van der Waals surface area contributed by atoms with Gasteiger partial charge in [0.1, 0.15) is 5.75 Å². The van der Waals surface area contributed by atoms with Gasteiger partial charge in [0.25, 0.3) is 0 Å². The second-order valence-corrected chi connectivity index (χ2v) is 6.77. The maximum atomic E-state index is 9.37. The van der Waals surface area contributed by atoms with Gasteiger partial charge in [-0.25, -0.2) is 9.98 Å². The lowest BCUT2D eigenvalue weighted by Crippen LogP contribution is -2.18. The number of phenolic OH excluding ortho intramolecular Hbond substituents is 1. The van der Waals surface area contributed by atoms with Crippen LogP contribution in [0.5, 0.6) is 5.75 Å². The van der Waals surface area contributed by atoms with Gasteiger partial charge in [-0.3, -0.25) is 5.43 Å². The van der Waals surface area contributed by atoms with E-state index in [1.165, 1.54) is 0 Å². The van der Waals surface area contributed by atoms with Gasteiger partial charge in [-0.1, -0.05) is 30.3 Å². The number of phenols is 1. The lowest BCUT2D eigenvalue weighted by molar-refractivity contribution is 0.475. The summed E-state index contributed by atoms with van der Waals surface area (Å²) in [4.78, 5) is 9.33. The topological polar surface area (TPSA) is 69.9 Å². The van der Waals surface area contributed by atoms with E-state index in [1.807, 2.05) is 54.6 Å². The van der Waals surface area contributed by atoms with Crippen LogP contribution >= 0.6 is 11.3 Å². The van der Waals surface area contributed by atoms with E-state index in [0.29, 0.717) is 5.84 Å². The minimum atomic E-state index is 0.223. The zero-order valence-electron chi connectivity index (χ0n) is 14.3. The molecule has 132 valence electrons. The maximum Gasteiger partial charge on any atom is 0.183 e. The fourth-order valence-electron chi connectivity index (χ4n) is 2.45. The van der Waals surface area contributed by atoms with Gasteiger partial charge < -0.3 is 5.11 Å². The van der Waals surface area contributed by atoms with Crippen molar-refractivity contribution in [3.05, 3.63) is 89.4 Å². The number of nitrogens with zero attached hydrogens (tertiary/aromatic N) is 3. The van der Waals surface area contributed by atoms with Crippen LogP contribution in [-0.4, -0.2) is 22.1 Å². The first kappa shape index (κ1) is 16.9. The van der Waals surface area contributed by atoms with Crippen molar-refractivity contribution in [3.8, 4) is 5.75 Å². The van der Waals surface area contributed by atoms with Gasteiger partial charge in [0.2, 0.25) is 0 Å². The van der Waals surface area contributed by atoms with Crippen LogP contribution in [-0.2, 0) is 0 Å². The number of amidine groups is 1. The number of hydrogen-bond acceptors (Lipinski definition) is 5. The Kier molecular flexibility index (Phi) is 4.89. The summed E-state index contributed by atoms with van der Waals surface area (Å²) in [5.41, 5.74) is 5.63. The first-order valence-corrected chi connectivity index (χ1v) is 9.17. The van der Waals surface area contributed by atoms with Crippen LogP contribution < -0.4 is 5.43 Å². The minimum Gasteiger partial charge on any atom is -0.508 e. The Morgan fingerprint density at radius 1 is 0.926 bits per heavy atom. The fraction of sp³-hybridized carbons (Fsp3) is 0. The van der Waals surface area contributed by atoms with Crippen LogP contribution in [0.3, 0.4) is 0 Å². The summed E-state index contributed by atoms with van der Waals surface area (Å²) < 4.78 is 1.09. The van der Waals surface area contributed by atoms with Crippen molar-refractivity contribution in [1.29, 1.82) is 0 Å². The molecule has 1 aromatic heterocycles. The van der Waals surface area contributed by atoms with E-state index >= 15 is 0 Å². The zero-order valence-corrected chi connectivity index (χ0v) is 15.1. The van der Waals surface area contributed by atoms with E-state index in [9.17, 15) is 5.11 Å². The van der Waals surface area contributed by atoms with Crippen molar-refractivity contribution < 1.29 is 5.11 Å². The van der Waals surface area contributed by atoms with Crippen LogP contribution in [0.2, 0.25) is 0 Å². The highest BCUT2D eigenvalue weighted by molar-refractivity contribution is 7.20. The van der Waals surface area contributed by atoms with E-state index in [-0.39, 0.29) is 5.75 Å². The van der Waals surface area contributed by atoms with Gasteiger partial charge >= 0.3 is 0 Å². The fourth-order valence-corrected chi connectivity index (χ4v) is 3.36.